The lowest BCUT2D eigenvalue weighted by Crippen LogP contribution is -2.23. The molecule has 0 radical (unpaired) electrons. The Morgan fingerprint density at radius 1 is 1.25 bits per heavy atom. The first-order valence-electron chi connectivity index (χ1n) is 6.21. The molecule has 0 bridgehead atoms. The van der Waals surface area contributed by atoms with Crippen molar-refractivity contribution >= 4 is 11.9 Å². The topological polar surface area (TPSA) is 52.6 Å². The molecular weight excluding hydrogens is 256 g/mol. The molecule has 0 fully saturated rings. The third-order valence-corrected chi connectivity index (χ3v) is 2.19. The van der Waals surface area contributed by atoms with Gasteiger partial charge < -0.3 is 9.47 Å². The number of carbonyl (C=O) groups is 2. The van der Waals surface area contributed by atoms with Crippen LogP contribution in [0.1, 0.15) is 43.1 Å². The van der Waals surface area contributed by atoms with E-state index in [0.29, 0.717) is 11.1 Å². The Labute approximate surface area is 119 Å². The zero-order valence-electron chi connectivity index (χ0n) is 12.1. The molecule has 0 heterocycles. The zero-order chi connectivity index (χ0) is 15.2. The average molecular weight is 274 g/mol. The number of rotatable bonds is 2. The van der Waals surface area contributed by atoms with Gasteiger partial charge in [-0.05, 0) is 39.0 Å². The summed E-state index contributed by atoms with van der Waals surface area (Å²) in [5.74, 6) is 4.72. The van der Waals surface area contributed by atoms with Crippen molar-refractivity contribution in [3.63, 3.8) is 0 Å². The second-order valence-corrected chi connectivity index (χ2v) is 5.14. The lowest BCUT2D eigenvalue weighted by atomic mass is 10.1. The van der Waals surface area contributed by atoms with Gasteiger partial charge in [0, 0.05) is 5.56 Å². The molecule has 20 heavy (non-hydrogen) atoms. The van der Waals surface area contributed by atoms with E-state index in [1.54, 1.807) is 24.3 Å². The quantitative estimate of drug-likeness (QED) is 0.614. The van der Waals surface area contributed by atoms with Gasteiger partial charge in [-0.2, -0.15) is 0 Å². The Morgan fingerprint density at radius 3 is 2.55 bits per heavy atom. The summed E-state index contributed by atoms with van der Waals surface area (Å²) < 4.78 is 9.77. The molecule has 0 unspecified atom stereocenters. The fraction of sp³-hybridized carbons (Fsp3) is 0.375. The Hall–Kier alpha value is -2.28. The van der Waals surface area contributed by atoms with Crippen LogP contribution in [0.5, 0.6) is 0 Å². The number of ether oxygens (including phenoxy) is 2. The van der Waals surface area contributed by atoms with E-state index in [2.05, 4.69) is 16.6 Å². The third kappa shape index (κ3) is 5.57. The lowest BCUT2D eigenvalue weighted by molar-refractivity contribution is -0.139. The summed E-state index contributed by atoms with van der Waals surface area (Å²) in [5, 5.41) is 0. The van der Waals surface area contributed by atoms with Crippen molar-refractivity contribution < 1.29 is 19.1 Å². The molecular formula is C16H18O4. The maximum atomic E-state index is 11.9. The van der Waals surface area contributed by atoms with E-state index in [-0.39, 0.29) is 12.4 Å². The van der Waals surface area contributed by atoms with Crippen molar-refractivity contribution in [2.45, 2.75) is 32.8 Å². The first-order valence-corrected chi connectivity index (χ1v) is 6.21. The van der Waals surface area contributed by atoms with E-state index in [1.165, 1.54) is 7.11 Å². The molecule has 0 amide bonds. The van der Waals surface area contributed by atoms with Crippen LogP contribution >= 0.6 is 0 Å². The zero-order valence-corrected chi connectivity index (χ0v) is 12.1. The number of benzene rings is 1. The van der Waals surface area contributed by atoms with Gasteiger partial charge in [0.2, 0.25) is 0 Å². The normalized spacial score (nSPS) is 10.2. The molecule has 1 aromatic carbocycles. The van der Waals surface area contributed by atoms with Gasteiger partial charge in [0.05, 0.1) is 12.7 Å². The fourth-order valence-electron chi connectivity index (χ4n) is 1.35. The van der Waals surface area contributed by atoms with Crippen LogP contribution in [0.15, 0.2) is 24.3 Å². The molecule has 0 aliphatic rings. The molecule has 0 aliphatic carbocycles. The van der Waals surface area contributed by atoms with Crippen LogP contribution < -0.4 is 0 Å². The smallest absolute Gasteiger partial charge is 0.338 e. The van der Waals surface area contributed by atoms with Gasteiger partial charge in [-0.25, -0.2) is 4.79 Å². The summed E-state index contributed by atoms with van der Waals surface area (Å²) in [6.07, 6.45) is 0.0210. The minimum absolute atomic E-state index is 0.0210. The average Bonchev–Trinajstić information content (AvgIpc) is 2.37. The standard InChI is InChI=1S/C16H18O4/c1-16(2,3)20-15(18)13-9-5-7-12(11-13)8-6-10-14(17)19-4/h5,7,9,11H,10H2,1-4H3. The van der Waals surface area contributed by atoms with Gasteiger partial charge in [-0.3, -0.25) is 4.79 Å². The first kappa shape index (κ1) is 15.8. The minimum atomic E-state index is -0.538. The molecule has 0 saturated carbocycles. The monoisotopic (exact) mass is 274 g/mol. The van der Waals surface area contributed by atoms with E-state index in [9.17, 15) is 9.59 Å². The van der Waals surface area contributed by atoms with Crippen molar-refractivity contribution in [2.24, 2.45) is 0 Å². The second kappa shape index (κ2) is 6.76. The second-order valence-electron chi connectivity index (χ2n) is 5.14. The number of hydrogen-bond acceptors (Lipinski definition) is 4. The van der Waals surface area contributed by atoms with Gasteiger partial charge in [0.15, 0.2) is 0 Å². The Morgan fingerprint density at radius 2 is 1.95 bits per heavy atom. The van der Waals surface area contributed by atoms with E-state index < -0.39 is 11.6 Å². The maximum Gasteiger partial charge on any atom is 0.338 e. The predicted molar refractivity (Wildman–Crippen MR) is 75.1 cm³/mol. The summed E-state index contributed by atoms with van der Waals surface area (Å²) in [6.45, 7) is 5.43. The molecule has 106 valence electrons. The van der Waals surface area contributed by atoms with Gasteiger partial charge in [0.25, 0.3) is 0 Å². The highest BCUT2D eigenvalue weighted by Gasteiger charge is 2.17. The Bertz CT molecular complexity index is 556. The molecule has 1 rings (SSSR count). The fourth-order valence-corrected chi connectivity index (χ4v) is 1.35. The van der Waals surface area contributed by atoms with Crippen molar-refractivity contribution in [2.75, 3.05) is 7.11 Å². The summed E-state index contributed by atoms with van der Waals surface area (Å²) in [4.78, 5) is 22.8. The molecule has 0 spiro atoms. The molecule has 0 aromatic heterocycles. The van der Waals surface area contributed by atoms with Crippen LogP contribution in [0.2, 0.25) is 0 Å². The minimum Gasteiger partial charge on any atom is -0.468 e. The highest BCUT2D eigenvalue weighted by Crippen LogP contribution is 2.13. The van der Waals surface area contributed by atoms with Crippen LogP contribution in [0.4, 0.5) is 0 Å². The van der Waals surface area contributed by atoms with Crippen LogP contribution in [-0.2, 0) is 14.3 Å². The van der Waals surface area contributed by atoms with Crippen molar-refractivity contribution in [3.8, 4) is 11.8 Å². The van der Waals surface area contributed by atoms with Gasteiger partial charge in [-0.1, -0.05) is 17.9 Å². The third-order valence-electron chi connectivity index (χ3n) is 2.19. The van der Waals surface area contributed by atoms with Crippen molar-refractivity contribution in [1.29, 1.82) is 0 Å². The van der Waals surface area contributed by atoms with Gasteiger partial charge >= 0.3 is 11.9 Å². The number of hydrogen-bond donors (Lipinski definition) is 0. The molecule has 4 nitrogen and oxygen atoms in total. The van der Waals surface area contributed by atoms with Crippen LogP contribution in [0.25, 0.3) is 0 Å². The lowest BCUT2D eigenvalue weighted by Gasteiger charge is -2.19. The Balaban J connectivity index is 2.80. The highest BCUT2D eigenvalue weighted by atomic mass is 16.6. The first-order chi connectivity index (χ1) is 9.31. The summed E-state index contributed by atoms with van der Waals surface area (Å²) in [6, 6.07) is 6.79. The molecule has 4 heteroatoms. The predicted octanol–water partition coefficient (Wildman–Crippen LogP) is 2.56. The summed E-state index contributed by atoms with van der Waals surface area (Å²) >= 11 is 0. The summed E-state index contributed by atoms with van der Waals surface area (Å²) in [7, 11) is 1.31. The van der Waals surface area contributed by atoms with Crippen LogP contribution in [0, 0.1) is 11.8 Å². The molecule has 0 N–H and O–H groups in total. The van der Waals surface area contributed by atoms with Crippen LogP contribution in [-0.4, -0.2) is 24.6 Å². The van der Waals surface area contributed by atoms with Gasteiger partial charge in [0.1, 0.15) is 12.0 Å². The van der Waals surface area contributed by atoms with E-state index in [1.807, 2.05) is 20.8 Å². The summed E-state index contributed by atoms with van der Waals surface area (Å²) in [5.41, 5.74) is 0.547. The molecule has 0 aliphatic heterocycles. The number of carbonyl (C=O) groups excluding carboxylic acids is 2. The SMILES string of the molecule is COC(=O)CC#Cc1cccc(C(=O)OC(C)(C)C)c1. The van der Waals surface area contributed by atoms with E-state index in [4.69, 9.17) is 4.74 Å². The van der Waals surface area contributed by atoms with E-state index in [0.717, 1.165) is 0 Å². The maximum absolute atomic E-state index is 11.9. The molecule has 0 atom stereocenters. The van der Waals surface area contributed by atoms with E-state index >= 15 is 0 Å². The van der Waals surface area contributed by atoms with Crippen LogP contribution in [0.3, 0.4) is 0 Å². The van der Waals surface area contributed by atoms with Gasteiger partial charge in [-0.15, -0.1) is 0 Å². The molecule has 0 saturated heterocycles. The van der Waals surface area contributed by atoms with Crippen molar-refractivity contribution in [3.05, 3.63) is 35.4 Å². The number of methoxy groups -OCH3 is 1. The Kier molecular flexibility index (Phi) is 5.33. The number of esters is 2. The van der Waals surface area contributed by atoms with Crippen molar-refractivity contribution in [1.82, 2.24) is 0 Å². The molecule has 1 aromatic rings. The largest absolute Gasteiger partial charge is 0.468 e. The highest BCUT2D eigenvalue weighted by molar-refractivity contribution is 5.90.